The molecule has 3 nitrogen and oxygen atoms in total. The van der Waals surface area contributed by atoms with Gasteiger partial charge in [0.2, 0.25) is 0 Å². The first-order valence-electron chi connectivity index (χ1n) is 5.61. The molecule has 0 saturated carbocycles. The van der Waals surface area contributed by atoms with Gasteiger partial charge in [0, 0.05) is 12.4 Å². The highest BCUT2D eigenvalue weighted by atomic mass is 15.3. The Morgan fingerprint density at radius 3 is 2.62 bits per heavy atom. The van der Waals surface area contributed by atoms with Crippen molar-refractivity contribution in [2.24, 2.45) is 5.73 Å². The highest BCUT2D eigenvalue weighted by Crippen LogP contribution is 2.19. The summed E-state index contributed by atoms with van der Waals surface area (Å²) in [6.07, 6.45) is 4.75. The van der Waals surface area contributed by atoms with E-state index in [4.69, 9.17) is 5.73 Å². The molecule has 0 bridgehead atoms. The Morgan fingerprint density at radius 1 is 1.31 bits per heavy atom. The van der Waals surface area contributed by atoms with Crippen molar-refractivity contribution in [2.75, 3.05) is 6.54 Å². The molecular weight excluding hydrogens is 198 g/mol. The number of benzene rings is 1. The minimum Gasteiger partial charge on any atom is -0.330 e. The van der Waals surface area contributed by atoms with E-state index in [-0.39, 0.29) is 0 Å². The minimum absolute atomic E-state index is 0.525. The van der Waals surface area contributed by atoms with Gasteiger partial charge < -0.3 is 5.73 Å². The van der Waals surface area contributed by atoms with Gasteiger partial charge in [-0.1, -0.05) is 19.1 Å². The number of rotatable bonds is 4. The van der Waals surface area contributed by atoms with Gasteiger partial charge in [0.15, 0.2) is 0 Å². The molecule has 1 aromatic carbocycles. The van der Waals surface area contributed by atoms with Crippen LogP contribution in [0.15, 0.2) is 42.7 Å². The number of hydrogen-bond donors (Lipinski definition) is 1. The Balaban J connectivity index is 2.16. The van der Waals surface area contributed by atoms with Crippen LogP contribution in [-0.4, -0.2) is 16.3 Å². The van der Waals surface area contributed by atoms with E-state index in [0.29, 0.717) is 5.92 Å². The first-order valence-corrected chi connectivity index (χ1v) is 5.61. The van der Waals surface area contributed by atoms with E-state index in [1.54, 1.807) is 6.20 Å². The van der Waals surface area contributed by atoms with Gasteiger partial charge in [-0.15, -0.1) is 0 Å². The monoisotopic (exact) mass is 215 g/mol. The summed E-state index contributed by atoms with van der Waals surface area (Å²) < 4.78 is 1.86. The van der Waals surface area contributed by atoms with Crippen LogP contribution < -0.4 is 5.73 Å². The average Bonchev–Trinajstić information content (AvgIpc) is 2.83. The average molecular weight is 215 g/mol. The Hall–Kier alpha value is -1.61. The molecule has 1 aromatic heterocycles. The summed E-state index contributed by atoms with van der Waals surface area (Å²) in [6.45, 7) is 2.94. The van der Waals surface area contributed by atoms with E-state index < -0.39 is 0 Å². The molecule has 0 aliphatic rings. The molecular formula is C13H17N3. The highest BCUT2D eigenvalue weighted by Gasteiger charge is 2.04. The zero-order valence-electron chi connectivity index (χ0n) is 9.50. The molecule has 0 radical (unpaired) electrons. The number of nitrogens with two attached hydrogens (primary N) is 1. The SMILES string of the molecule is CC(CCN)c1ccc(-n2cccn2)cc1. The van der Waals surface area contributed by atoms with Crippen molar-refractivity contribution in [3.05, 3.63) is 48.3 Å². The Kier molecular flexibility index (Phi) is 3.37. The zero-order valence-corrected chi connectivity index (χ0v) is 9.50. The van der Waals surface area contributed by atoms with E-state index in [0.717, 1.165) is 18.7 Å². The Morgan fingerprint density at radius 2 is 2.06 bits per heavy atom. The predicted octanol–water partition coefficient (Wildman–Crippen LogP) is 2.32. The second-order valence-corrected chi connectivity index (χ2v) is 4.02. The normalized spacial score (nSPS) is 12.6. The summed E-state index contributed by atoms with van der Waals surface area (Å²) in [6, 6.07) is 10.4. The van der Waals surface area contributed by atoms with E-state index in [1.807, 2.05) is 16.9 Å². The summed E-state index contributed by atoms with van der Waals surface area (Å²) >= 11 is 0. The van der Waals surface area contributed by atoms with Gasteiger partial charge in [0.1, 0.15) is 0 Å². The third kappa shape index (κ3) is 2.31. The van der Waals surface area contributed by atoms with E-state index in [2.05, 4.69) is 36.3 Å². The van der Waals surface area contributed by atoms with Crippen LogP contribution in [0.1, 0.15) is 24.8 Å². The molecule has 0 spiro atoms. The van der Waals surface area contributed by atoms with E-state index in [9.17, 15) is 0 Å². The summed E-state index contributed by atoms with van der Waals surface area (Å²) in [5.41, 5.74) is 7.99. The fraction of sp³-hybridized carbons (Fsp3) is 0.308. The topological polar surface area (TPSA) is 43.8 Å². The zero-order chi connectivity index (χ0) is 11.4. The van der Waals surface area contributed by atoms with Gasteiger partial charge >= 0.3 is 0 Å². The van der Waals surface area contributed by atoms with Crippen molar-refractivity contribution < 1.29 is 0 Å². The Bertz CT molecular complexity index is 417. The molecule has 0 aliphatic heterocycles. The van der Waals surface area contributed by atoms with Crippen LogP contribution >= 0.6 is 0 Å². The van der Waals surface area contributed by atoms with Gasteiger partial charge in [0.05, 0.1) is 5.69 Å². The van der Waals surface area contributed by atoms with Crippen molar-refractivity contribution in [1.29, 1.82) is 0 Å². The molecule has 84 valence electrons. The molecule has 16 heavy (non-hydrogen) atoms. The van der Waals surface area contributed by atoms with Crippen molar-refractivity contribution in [1.82, 2.24) is 9.78 Å². The van der Waals surface area contributed by atoms with Gasteiger partial charge in [-0.2, -0.15) is 5.10 Å². The van der Waals surface area contributed by atoms with Gasteiger partial charge in [-0.25, -0.2) is 4.68 Å². The molecule has 0 saturated heterocycles. The maximum Gasteiger partial charge on any atom is 0.0645 e. The highest BCUT2D eigenvalue weighted by molar-refractivity contribution is 5.34. The molecule has 0 fully saturated rings. The number of nitrogens with zero attached hydrogens (tertiary/aromatic N) is 2. The lowest BCUT2D eigenvalue weighted by atomic mass is 9.98. The van der Waals surface area contributed by atoms with Gasteiger partial charge in [-0.05, 0) is 42.6 Å². The van der Waals surface area contributed by atoms with Crippen LogP contribution in [0.4, 0.5) is 0 Å². The van der Waals surface area contributed by atoms with Crippen LogP contribution in [0.2, 0.25) is 0 Å². The molecule has 1 unspecified atom stereocenters. The summed E-state index contributed by atoms with van der Waals surface area (Å²) in [4.78, 5) is 0. The van der Waals surface area contributed by atoms with Crippen LogP contribution in [0.5, 0.6) is 0 Å². The molecule has 0 amide bonds. The number of hydrogen-bond acceptors (Lipinski definition) is 2. The lowest BCUT2D eigenvalue weighted by molar-refractivity contribution is 0.690. The van der Waals surface area contributed by atoms with Crippen LogP contribution in [0, 0.1) is 0 Å². The molecule has 2 rings (SSSR count). The fourth-order valence-corrected chi connectivity index (χ4v) is 1.79. The predicted molar refractivity (Wildman–Crippen MR) is 65.7 cm³/mol. The molecule has 0 aliphatic carbocycles. The summed E-state index contributed by atoms with van der Waals surface area (Å²) in [7, 11) is 0. The van der Waals surface area contributed by atoms with Crippen molar-refractivity contribution in [3.8, 4) is 5.69 Å². The maximum atomic E-state index is 5.56. The van der Waals surface area contributed by atoms with Crippen molar-refractivity contribution >= 4 is 0 Å². The first kappa shape index (κ1) is 10.9. The lowest BCUT2D eigenvalue weighted by Crippen LogP contribution is -2.04. The Labute approximate surface area is 95.9 Å². The summed E-state index contributed by atoms with van der Waals surface area (Å²) in [5, 5.41) is 4.19. The third-order valence-corrected chi connectivity index (χ3v) is 2.83. The van der Waals surface area contributed by atoms with Crippen LogP contribution in [0.3, 0.4) is 0 Å². The van der Waals surface area contributed by atoms with Crippen LogP contribution in [0.25, 0.3) is 5.69 Å². The second-order valence-electron chi connectivity index (χ2n) is 4.02. The lowest BCUT2D eigenvalue weighted by Gasteiger charge is -2.11. The van der Waals surface area contributed by atoms with Crippen molar-refractivity contribution in [2.45, 2.75) is 19.3 Å². The number of aromatic nitrogens is 2. The molecule has 1 heterocycles. The fourth-order valence-electron chi connectivity index (χ4n) is 1.79. The maximum absolute atomic E-state index is 5.56. The molecule has 3 heteroatoms. The smallest absolute Gasteiger partial charge is 0.0645 e. The van der Waals surface area contributed by atoms with E-state index in [1.165, 1.54) is 5.56 Å². The van der Waals surface area contributed by atoms with Crippen LogP contribution in [-0.2, 0) is 0 Å². The standard InChI is InChI=1S/C13H17N3/c1-11(7-8-14)12-3-5-13(6-4-12)16-10-2-9-15-16/h2-6,9-11H,7-8,14H2,1H3. The summed E-state index contributed by atoms with van der Waals surface area (Å²) in [5.74, 6) is 0.525. The minimum atomic E-state index is 0.525. The van der Waals surface area contributed by atoms with Crippen molar-refractivity contribution in [3.63, 3.8) is 0 Å². The third-order valence-electron chi connectivity index (χ3n) is 2.83. The molecule has 1 atom stereocenters. The molecule has 2 N–H and O–H groups in total. The van der Waals surface area contributed by atoms with Gasteiger partial charge in [-0.3, -0.25) is 0 Å². The van der Waals surface area contributed by atoms with Gasteiger partial charge in [0.25, 0.3) is 0 Å². The quantitative estimate of drug-likeness (QED) is 0.850. The first-order chi connectivity index (χ1) is 7.81. The molecule has 2 aromatic rings. The van der Waals surface area contributed by atoms with E-state index >= 15 is 0 Å². The largest absolute Gasteiger partial charge is 0.330 e. The second kappa shape index (κ2) is 4.94.